The number of benzene rings is 1. The number of hydrogen-bond donors (Lipinski definition) is 0. The molecule has 0 fully saturated rings. The summed E-state index contributed by atoms with van der Waals surface area (Å²) in [7, 11) is 1.86. The molecule has 1 amide bonds. The van der Waals surface area contributed by atoms with Crippen molar-refractivity contribution >= 4 is 5.91 Å². The fourth-order valence-electron chi connectivity index (χ4n) is 3.13. The van der Waals surface area contributed by atoms with Crippen LogP contribution in [0, 0.1) is 6.92 Å². The number of amides is 1. The van der Waals surface area contributed by atoms with Gasteiger partial charge in [0.1, 0.15) is 5.69 Å². The van der Waals surface area contributed by atoms with Crippen LogP contribution in [-0.2, 0) is 6.54 Å². The lowest BCUT2D eigenvalue weighted by molar-refractivity contribution is 0.0785. The summed E-state index contributed by atoms with van der Waals surface area (Å²) in [6.07, 6.45) is 6.56. The van der Waals surface area contributed by atoms with E-state index in [2.05, 4.69) is 41.7 Å². The third kappa shape index (κ3) is 3.85. The average Bonchev–Trinajstić information content (AvgIpc) is 3.08. The van der Waals surface area contributed by atoms with Crippen LogP contribution in [0.2, 0.25) is 0 Å². The molecule has 0 atom stereocenters. The van der Waals surface area contributed by atoms with Crippen LogP contribution in [0.3, 0.4) is 0 Å². The van der Waals surface area contributed by atoms with Gasteiger partial charge in [0.05, 0.1) is 0 Å². The molecular formula is C22H25N3O. The molecule has 0 bridgehead atoms. The smallest absolute Gasteiger partial charge is 0.270 e. The number of aromatic nitrogens is 2. The van der Waals surface area contributed by atoms with E-state index in [1.165, 1.54) is 11.1 Å². The van der Waals surface area contributed by atoms with E-state index in [-0.39, 0.29) is 5.91 Å². The Labute approximate surface area is 155 Å². The van der Waals surface area contributed by atoms with Gasteiger partial charge in [0.25, 0.3) is 5.91 Å². The van der Waals surface area contributed by atoms with Gasteiger partial charge in [-0.15, -0.1) is 0 Å². The molecule has 3 rings (SSSR count). The molecule has 0 aliphatic heterocycles. The highest BCUT2D eigenvalue weighted by atomic mass is 16.2. The maximum atomic E-state index is 13.0. The molecule has 0 radical (unpaired) electrons. The number of pyridine rings is 1. The van der Waals surface area contributed by atoms with Gasteiger partial charge >= 0.3 is 0 Å². The van der Waals surface area contributed by atoms with Crippen molar-refractivity contribution in [1.82, 2.24) is 14.5 Å². The summed E-state index contributed by atoms with van der Waals surface area (Å²) in [5.41, 5.74) is 5.27. The Morgan fingerprint density at radius 2 is 1.85 bits per heavy atom. The molecule has 2 aromatic heterocycles. The SMILES string of the molecule is CCCN(C)C(=O)c1cc(-c2ccncc2)cn1Cc1ccccc1C. The largest absolute Gasteiger partial charge is 0.340 e. The molecule has 1 aromatic carbocycles. The van der Waals surface area contributed by atoms with E-state index in [0.29, 0.717) is 6.54 Å². The minimum atomic E-state index is 0.0562. The Kier molecular flexibility index (Phi) is 5.52. The zero-order chi connectivity index (χ0) is 18.5. The maximum Gasteiger partial charge on any atom is 0.270 e. The fraction of sp³-hybridized carbons (Fsp3) is 0.273. The molecule has 0 unspecified atom stereocenters. The normalized spacial score (nSPS) is 10.7. The molecule has 3 aromatic rings. The lowest BCUT2D eigenvalue weighted by atomic mass is 10.1. The monoisotopic (exact) mass is 347 g/mol. The van der Waals surface area contributed by atoms with Crippen LogP contribution in [0.1, 0.15) is 35.0 Å². The zero-order valence-corrected chi connectivity index (χ0v) is 15.6. The van der Waals surface area contributed by atoms with Gasteiger partial charge in [-0.25, -0.2) is 0 Å². The third-order valence-electron chi connectivity index (χ3n) is 4.64. The summed E-state index contributed by atoms with van der Waals surface area (Å²) in [6.45, 7) is 5.61. The van der Waals surface area contributed by atoms with Gasteiger partial charge in [-0.1, -0.05) is 31.2 Å². The van der Waals surface area contributed by atoms with E-state index in [4.69, 9.17) is 0 Å². The first-order chi connectivity index (χ1) is 12.6. The second kappa shape index (κ2) is 8.00. The first-order valence-electron chi connectivity index (χ1n) is 9.00. The molecule has 0 aliphatic rings. The summed E-state index contributed by atoms with van der Waals surface area (Å²) in [5.74, 6) is 0.0562. The van der Waals surface area contributed by atoms with Crippen LogP contribution in [0.15, 0.2) is 61.1 Å². The standard InChI is InChI=1S/C22H25N3O/c1-4-13-24(3)22(26)21-14-20(18-9-11-23-12-10-18)16-25(21)15-19-8-6-5-7-17(19)2/h5-12,14,16H,4,13,15H2,1-3H3. The van der Waals surface area contributed by atoms with Crippen LogP contribution >= 0.6 is 0 Å². The van der Waals surface area contributed by atoms with Crippen molar-refractivity contribution in [2.75, 3.05) is 13.6 Å². The summed E-state index contributed by atoms with van der Waals surface area (Å²) in [5, 5.41) is 0. The Balaban J connectivity index is 2.01. The predicted octanol–water partition coefficient (Wildman–Crippen LogP) is 4.39. The summed E-state index contributed by atoms with van der Waals surface area (Å²) < 4.78 is 2.06. The minimum absolute atomic E-state index is 0.0562. The maximum absolute atomic E-state index is 13.0. The fourth-order valence-corrected chi connectivity index (χ4v) is 3.13. The first-order valence-corrected chi connectivity index (χ1v) is 9.00. The van der Waals surface area contributed by atoms with Crippen molar-refractivity contribution in [2.45, 2.75) is 26.8 Å². The summed E-state index contributed by atoms with van der Waals surface area (Å²) >= 11 is 0. The number of rotatable bonds is 6. The van der Waals surface area contributed by atoms with Gasteiger partial charge in [0, 0.05) is 44.3 Å². The lowest BCUT2D eigenvalue weighted by Crippen LogP contribution is -2.29. The molecule has 0 saturated carbocycles. The van der Waals surface area contributed by atoms with Crippen molar-refractivity contribution in [2.24, 2.45) is 0 Å². The van der Waals surface area contributed by atoms with Gasteiger partial charge in [-0.05, 0) is 48.2 Å². The van der Waals surface area contributed by atoms with Crippen molar-refractivity contribution in [1.29, 1.82) is 0 Å². The van der Waals surface area contributed by atoms with Crippen LogP contribution in [0.4, 0.5) is 0 Å². The van der Waals surface area contributed by atoms with Crippen LogP contribution < -0.4 is 0 Å². The van der Waals surface area contributed by atoms with Gasteiger partial charge in [-0.3, -0.25) is 9.78 Å². The second-order valence-corrected chi connectivity index (χ2v) is 6.63. The topological polar surface area (TPSA) is 38.1 Å². The van der Waals surface area contributed by atoms with E-state index in [1.54, 1.807) is 17.3 Å². The highest BCUT2D eigenvalue weighted by Crippen LogP contribution is 2.24. The minimum Gasteiger partial charge on any atom is -0.340 e. The first kappa shape index (κ1) is 17.9. The molecule has 134 valence electrons. The highest BCUT2D eigenvalue weighted by Gasteiger charge is 2.18. The molecular weight excluding hydrogens is 322 g/mol. The van der Waals surface area contributed by atoms with E-state index < -0.39 is 0 Å². The molecule has 0 N–H and O–H groups in total. The van der Waals surface area contributed by atoms with Crippen LogP contribution in [-0.4, -0.2) is 34.0 Å². The van der Waals surface area contributed by atoms with E-state index in [1.807, 2.05) is 37.4 Å². The van der Waals surface area contributed by atoms with Crippen LogP contribution in [0.25, 0.3) is 11.1 Å². The number of aryl methyl sites for hydroxylation is 1. The Morgan fingerprint density at radius 3 is 2.54 bits per heavy atom. The van der Waals surface area contributed by atoms with Gasteiger partial charge in [0.15, 0.2) is 0 Å². The van der Waals surface area contributed by atoms with E-state index in [9.17, 15) is 4.79 Å². The summed E-state index contributed by atoms with van der Waals surface area (Å²) in [6, 6.07) is 14.2. The van der Waals surface area contributed by atoms with Gasteiger partial charge in [0.2, 0.25) is 0 Å². The number of hydrogen-bond acceptors (Lipinski definition) is 2. The van der Waals surface area contributed by atoms with Gasteiger partial charge in [-0.2, -0.15) is 0 Å². The average molecular weight is 347 g/mol. The van der Waals surface area contributed by atoms with Crippen molar-refractivity contribution < 1.29 is 4.79 Å². The molecule has 0 spiro atoms. The number of nitrogens with zero attached hydrogens (tertiary/aromatic N) is 3. The zero-order valence-electron chi connectivity index (χ0n) is 15.6. The molecule has 4 nitrogen and oxygen atoms in total. The quantitative estimate of drug-likeness (QED) is 0.663. The predicted molar refractivity (Wildman–Crippen MR) is 105 cm³/mol. The van der Waals surface area contributed by atoms with Gasteiger partial charge < -0.3 is 9.47 Å². The van der Waals surface area contributed by atoms with E-state index in [0.717, 1.165) is 29.8 Å². The van der Waals surface area contributed by atoms with Crippen molar-refractivity contribution in [3.63, 3.8) is 0 Å². The summed E-state index contributed by atoms with van der Waals surface area (Å²) in [4.78, 5) is 18.8. The highest BCUT2D eigenvalue weighted by molar-refractivity contribution is 5.94. The third-order valence-corrected chi connectivity index (χ3v) is 4.64. The Bertz CT molecular complexity index is 883. The van der Waals surface area contributed by atoms with Crippen molar-refractivity contribution in [3.8, 4) is 11.1 Å². The second-order valence-electron chi connectivity index (χ2n) is 6.63. The Morgan fingerprint density at radius 1 is 1.12 bits per heavy atom. The van der Waals surface area contributed by atoms with Crippen molar-refractivity contribution in [3.05, 3.63) is 77.9 Å². The lowest BCUT2D eigenvalue weighted by Gasteiger charge is -2.18. The molecule has 2 heterocycles. The number of carbonyl (C=O) groups is 1. The number of carbonyl (C=O) groups excluding carboxylic acids is 1. The molecule has 0 aliphatic carbocycles. The molecule has 0 saturated heterocycles. The van der Waals surface area contributed by atoms with Crippen LogP contribution in [0.5, 0.6) is 0 Å². The molecule has 4 heteroatoms. The molecule has 26 heavy (non-hydrogen) atoms. The van der Waals surface area contributed by atoms with E-state index >= 15 is 0 Å². The Hall–Kier alpha value is -2.88.